The number of sulfonamides is 1. The number of hydrogen-bond donors (Lipinski definition) is 1. The van der Waals surface area contributed by atoms with Crippen LogP contribution >= 0.6 is 0 Å². The number of benzene rings is 2. The first-order valence-corrected chi connectivity index (χ1v) is 10.5. The minimum absolute atomic E-state index is 0.160. The molecule has 1 fully saturated rings. The van der Waals surface area contributed by atoms with Crippen molar-refractivity contribution in [2.24, 2.45) is 0 Å². The number of hydrogen-bond acceptors (Lipinski definition) is 3. The minimum atomic E-state index is -3.50. The second-order valence-electron chi connectivity index (χ2n) is 6.79. The molecule has 7 heteroatoms. The van der Waals surface area contributed by atoms with Gasteiger partial charge in [-0.3, -0.25) is 0 Å². The minimum Gasteiger partial charge on any atom is -0.334 e. The van der Waals surface area contributed by atoms with E-state index in [0.29, 0.717) is 32.7 Å². The fraction of sp³-hybridized carbons (Fsp3) is 0.350. The lowest BCUT2D eigenvalue weighted by Crippen LogP contribution is -2.52. The second-order valence-corrected chi connectivity index (χ2v) is 8.73. The van der Waals surface area contributed by atoms with Gasteiger partial charge in [-0.15, -0.1) is 0 Å². The zero-order chi connectivity index (χ0) is 19.4. The highest BCUT2D eigenvalue weighted by Gasteiger charge is 2.29. The number of urea groups is 1. The molecule has 1 N–H and O–H groups in total. The third-order valence-electron chi connectivity index (χ3n) is 4.83. The summed E-state index contributed by atoms with van der Waals surface area (Å²) < 4.78 is 26.7. The maximum atomic E-state index is 12.6. The molecule has 0 spiro atoms. The normalized spacial score (nSPS) is 15.6. The summed E-state index contributed by atoms with van der Waals surface area (Å²) >= 11 is 0. The highest BCUT2D eigenvalue weighted by molar-refractivity contribution is 7.89. The summed E-state index contributed by atoms with van der Waals surface area (Å²) in [6, 6.07) is 14.4. The lowest BCUT2D eigenvalue weighted by molar-refractivity contribution is 0.172. The Bertz CT molecular complexity index is 905. The van der Waals surface area contributed by atoms with Crippen LogP contribution in [-0.2, 0) is 16.6 Å². The van der Waals surface area contributed by atoms with Crippen LogP contribution < -0.4 is 5.32 Å². The predicted octanol–water partition coefficient (Wildman–Crippen LogP) is 2.52. The molecule has 1 aliphatic heterocycles. The molecule has 2 aromatic carbocycles. The Morgan fingerprint density at radius 2 is 1.67 bits per heavy atom. The van der Waals surface area contributed by atoms with E-state index >= 15 is 0 Å². The zero-order valence-corrected chi connectivity index (χ0v) is 16.5. The summed E-state index contributed by atoms with van der Waals surface area (Å²) in [6.45, 7) is 5.89. The Morgan fingerprint density at radius 3 is 2.30 bits per heavy atom. The van der Waals surface area contributed by atoms with Gasteiger partial charge < -0.3 is 10.2 Å². The van der Waals surface area contributed by atoms with Crippen molar-refractivity contribution in [3.63, 3.8) is 0 Å². The average molecular weight is 388 g/mol. The van der Waals surface area contributed by atoms with E-state index in [0.717, 1.165) is 11.1 Å². The van der Waals surface area contributed by atoms with Crippen LogP contribution in [0.25, 0.3) is 0 Å². The van der Waals surface area contributed by atoms with Crippen LogP contribution in [0.3, 0.4) is 0 Å². The summed E-state index contributed by atoms with van der Waals surface area (Å²) in [4.78, 5) is 14.4. The quantitative estimate of drug-likeness (QED) is 0.876. The number of carbonyl (C=O) groups is 1. The van der Waals surface area contributed by atoms with Gasteiger partial charge in [0.05, 0.1) is 4.90 Å². The van der Waals surface area contributed by atoms with Gasteiger partial charge in [-0.05, 0) is 37.1 Å². The van der Waals surface area contributed by atoms with Crippen molar-refractivity contribution in [1.29, 1.82) is 0 Å². The van der Waals surface area contributed by atoms with Crippen LogP contribution in [0, 0.1) is 13.8 Å². The fourth-order valence-corrected chi connectivity index (χ4v) is 4.64. The van der Waals surface area contributed by atoms with Crippen molar-refractivity contribution in [3.05, 3.63) is 65.2 Å². The standard InChI is InChI=1S/C20H25N3O3S/c1-16-8-9-18(17(2)14-16)15-21-20(24)22-10-12-23(13-11-22)27(25,26)19-6-4-3-5-7-19/h3-9,14H,10-13,15H2,1-2H3,(H,21,24). The zero-order valence-electron chi connectivity index (χ0n) is 15.7. The van der Waals surface area contributed by atoms with Crippen LogP contribution in [0.15, 0.2) is 53.4 Å². The van der Waals surface area contributed by atoms with Crippen LogP contribution in [0.4, 0.5) is 4.79 Å². The summed E-state index contributed by atoms with van der Waals surface area (Å²) in [7, 11) is -3.50. The molecule has 0 unspecified atom stereocenters. The number of nitrogens with one attached hydrogen (secondary N) is 1. The Labute approximate surface area is 160 Å². The summed E-state index contributed by atoms with van der Waals surface area (Å²) in [5, 5.41) is 2.93. The molecule has 0 saturated carbocycles. The monoisotopic (exact) mass is 387 g/mol. The number of nitrogens with zero attached hydrogens (tertiary/aromatic N) is 2. The van der Waals surface area contributed by atoms with E-state index < -0.39 is 10.0 Å². The molecule has 1 aliphatic rings. The van der Waals surface area contributed by atoms with Gasteiger partial charge >= 0.3 is 6.03 Å². The molecule has 3 rings (SSSR count). The van der Waals surface area contributed by atoms with Gasteiger partial charge in [0, 0.05) is 32.7 Å². The van der Waals surface area contributed by atoms with E-state index in [1.807, 2.05) is 26.0 Å². The van der Waals surface area contributed by atoms with Crippen molar-refractivity contribution in [1.82, 2.24) is 14.5 Å². The maximum absolute atomic E-state index is 12.6. The van der Waals surface area contributed by atoms with Gasteiger partial charge in [0.1, 0.15) is 0 Å². The topological polar surface area (TPSA) is 69.7 Å². The summed E-state index contributed by atoms with van der Waals surface area (Å²) in [5.74, 6) is 0. The lowest BCUT2D eigenvalue weighted by Gasteiger charge is -2.34. The van der Waals surface area contributed by atoms with E-state index in [1.54, 1.807) is 35.2 Å². The molecule has 0 atom stereocenters. The average Bonchev–Trinajstić information content (AvgIpc) is 2.68. The van der Waals surface area contributed by atoms with Crippen molar-refractivity contribution in [2.45, 2.75) is 25.3 Å². The van der Waals surface area contributed by atoms with E-state index in [2.05, 4.69) is 11.4 Å². The predicted molar refractivity (Wildman–Crippen MR) is 105 cm³/mol. The highest BCUT2D eigenvalue weighted by Crippen LogP contribution is 2.17. The van der Waals surface area contributed by atoms with Crippen LogP contribution in [-0.4, -0.2) is 49.8 Å². The second kappa shape index (κ2) is 8.10. The first kappa shape index (κ1) is 19.4. The molecular formula is C20H25N3O3S. The third-order valence-corrected chi connectivity index (χ3v) is 6.75. The number of aryl methyl sites for hydroxylation is 2. The number of piperazine rings is 1. The van der Waals surface area contributed by atoms with E-state index in [-0.39, 0.29) is 10.9 Å². The Morgan fingerprint density at radius 1 is 1.00 bits per heavy atom. The van der Waals surface area contributed by atoms with Crippen molar-refractivity contribution >= 4 is 16.1 Å². The van der Waals surface area contributed by atoms with Crippen LogP contribution in [0.1, 0.15) is 16.7 Å². The molecule has 2 amide bonds. The smallest absolute Gasteiger partial charge is 0.317 e. The van der Waals surface area contributed by atoms with Gasteiger partial charge in [-0.25, -0.2) is 13.2 Å². The van der Waals surface area contributed by atoms with Gasteiger partial charge in [-0.1, -0.05) is 42.0 Å². The van der Waals surface area contributed by atoms with E-state index in [9.17, 15) is 13.2 Å². The third kappa shape index (κ3) is 4.48. The van der Waals surface area contributed by atoms with Crippen LogP contribution in [0.2, 0.25) is 0 Å². The fourth-order valence-electron chi connectivity index (χ4n) is 3.20. The highest BCUT2D eigenvalue weighted by atomic mass is 32.2. The van der Waals surface area contributed by atoms with Gasteiger partial charge in [-0.2, -0.15) is 4.31 Å². The van der Waals surface area contributed by atoms with Crippen molar-refractivity contribution in [3.8, 4) is 0 Å². The SMILES string of the molecule is Cc1ccc(CNC(=O)N2CCN(S(=O)(=O)c3ccccc3)CC2)c(C)c1. The molecule has 1 heterocycles. The number of rotatable bonds is 4. The summed E-state index contributed by atoms with van der Waals surface area (Å²) in [5.41, 5.74) is 3.42. The van der Waals surface area contributed by atoms with E-state index in [4.69, 9.17) is 0 Å². The first-order valence-electron chi connectivity index (χ1n) is 9.02. The Hall–Kier alpha value is -2.38. The molecule has 6 nitrogen and oxygen atoms in total. The van der Waals surface area contributed by atoms with Gasteiger partial charge in [0.15, 0.2) is 0 Å². The molecule has 144 valence electrons. The molecule has 2 aromatic rings. The van der Waals surface area contributed by atoms with E-state index in [1.165, 1.54) is 9.87 Å². The first-order chi connectivity index (χ1) is 12.9. The number of amides is 2. The Kier molecular flexibility index (Phi) is 5.82. The summed E-state index contributed by atoms with van der Waals surface area (Å²) in [6.07, 6.45) is 0. The Balaban J connectivity index is 1.55. The molecule has 27 heavy (non-hydrogen) atoms. The molecule has 0 aliphatic carbocycles. The maximum Gasteiger partial charge on any atom is 0.317 e. The molecule has 0 aromatic heterocycles. The van der Waals surface area contributed by atoms with Crippen molar-refractivity contribution in [2.75, 3.05) is 26.2 Å². The van der Waals surface area contributed by atoms with Crippen molar-refractivity contribution < 1.29 is 13.2 Å². The largest absolute Gasteiger partial charge is 0.334 e. The van der Waals surface area contributed by atoms with Crippen LogP contribution in [0.5, 0.6) is 0 Å². The van der Waals surface area contributed by atoms with Gasteiger partial charge in [0.2, 0.25) is 10.0 Å². The molecule has 0 radical (unpaired) electrons. The molecular weight excluding hydrogens is 362 g/mol. The number of carbonyl (C=O) groups excluding carboxylic acids is 1. The van der Waals surface area contributed by atoms with Gasteiger partial charge in [0.25, 0.3) is 0 Å². The lowest BCUT2D eigenvalue weighted by atomic mass is 10.1. The molecule has 0 bridgehead atoms. The molecule has 1 saturated heterocycles.